The Kier molecular flexibility index (Phi) is 7.88. The summed E-state index contributed by atoms with van der Waals surface area (Å²) < 4.78 is 42.2. The van der Waals surface area contributed by atoms with Crippen molar-refractivity contribution >= 4 is 15.7 Å². The summed E-state index contributed by atoms with van der Waals surface area (Å²) in [5, 5.41) is 24.2. The van der Waals surface area contributed by atoms with Gasteiger partial charge in [-0.1, -0.05) is 36.4 Å². The lowest BCUT2D eigenvalue weighted by Crippen LogP contribution is -2.33. The van der Waals surface area contributed by atoms with Gasteiger partial charge in [-0.25, -0.2) is 8.42 Å². The highest BCUT2D eigenvalue weighted by atomic mass is 32.2. The number of hydrogen-bond donors (Lipinski definition) is 4. The molecule has 1 unspecified atom stereocenters. The van der Waals surface area contributed by atoms with Crippen molar-refractivity contribution in [3.05, 3.63) is 77.4 Å². The Bertz CT molecular complexity index is 1300. The molecule has 2 atom stereocenters. The fraction of sp³-hybridized carbons (Fsp3) is 0.308. The Balaban J connectivity index is 1.51. The number of aliphatic hydroxyl groups excluding tert-OH is 1. The average Bonchev–Trinajstić information content (AvgIpc) is 3.33. The minimum absolute atomic E-state index is 0.0723. The largest absolute Gasteiger partial charge is 0.506 e. The molecular formula is C26H30N2O7S. The summed E-state index contributed by atoms with van der Waals surface area (Å²) in [6.07, 6.45) is 1.14. The van der Waals surface area contributed by atoms with Gasteiger partial charge in [0.1, 0.15) is 5.75 Å². The number of phenols is 1. The van der Waals surface area contributed by atoms with Crippen LogP contribution in [0, 0.1) is 0 Å². The van der Waals surface area contributed by atoms with Crippen LogP contribution < -0.4 is 24.2 Å². The lowest BCUT2D eigenvalue weighted by atomic mass is 9.97. The SMILES string of the molecule is COc1ccc(C(Cc2ccccc2)NC[C@@H](O)Cc2ccc(O)c(NS(C)(=O)=O)c2)c2c1OCO2. The minimum atomic E-state index is -3.55. The molecule has 0 radical (unpaired) electrons. The highest BCUT2D eigenvalue weighted by Crippen LogP contribution is 2.45. The maximum Gasteiger partial charge on any atom is 0.231 e. The summed E-state index contributed by atoms with van der Waals surface area (Å²) in [5.41, 5.74) is 2.75. The van der Waals surface area contributed by atoms with Crippen molar-refractivity contribution in [2.24, 2.45) is 0 Å². The van der Waals surface area contributed by atoms with Crippen molar-refractivity contribution < 1.29 is 32.8 Å². The molecule has 9 nitrogen and oxygen atoms in total. The Morgan fingerprint density at radius 2 is 1.75 bits per heavy atom. The molecule has 1 aliphatic rings. The van der Waals surface area contributed by atoms with Gasteiger partial charge in [-0.2, -0.15) is 0 Å². The summed E-state index contributed by atoms with van der Waals surface area (Å²) in [4.78, 5) is 0. The fourth-order valence-corrected chi connectivity index (χ4v) is 4.75. The van der Waals surface area contributed by atoms with E-state index in [1.165, 1.54) is 12.1 Å². The molecule has 0 saturated carbocycles. The van der Waals surface area contributed by atoms with Crippen molar-refractivity contribution in [2.75, 3.05) is 31.4 Å². The van der Waals surface area contributed by atoms with Crippen molar-refractivity contribution in [1.29, 1.82) is 0 Å². The molecule has 36 heavy (non-hydrogen) atoms. The van der Waals surface area contributed by atoms with Crippen molar-refractivity contribution in [1.82, 2.24) is 5.32 Å². The zero-order valence-corrected chi connectivity index (χ0v) is 20.9. The van der Waals surface area contributed by atoms with E-state index in [4.69, 9.17) is 14.2 Å². The monoisotopic (exact) mass is 514 g/mol. The minimum Gasteiger partial charge on any atom is -0.506 e. The summed E-state index contributed by atoms with van der Waals surface area (Å²) >= 11 is 0. The van der Waals surface area contributed by atoms with Crippen LogP contribution in [0.5, 0.6) is 23.0 Å². The quantitative estimate of drug-likeness (QED) is 0.288. The Hall–Kier alpha value is -3.47. The molecule has 0 bridgehead atoms. The van der Waals surface area contributed by atoms with E-state index in [0.717, 1.165) is 17.4 Å². The van der Waals surface area contributed by atoms with Gasteiger partial charge in [0.2, 0.25) is 22.6 Å². The Morgan fingerprint density at radius 1 is 1.00 bits per heavy atom. The van der Waals surface area contributed by atoms with E-state index in [0.29, 0.717) is 29.2 Å². The first kappa shape index (κ1) is 25.6. The van der Waals surface area contributed by atoms with Gasteiger partial charge in [0.25, 0.3) is 0 Å². The fourth-order valence-electron chi connectivity index (χ4n) is 4.18. The average molecular weight is 515 g/mol. The molecule has 3 aromatic carbocycles. The van der Waals surface area contributed by atoms with E-state index in [1.807, 2.05) is 42.5 Å². The molecule has 0 fully saturated rings. The van der Waals surface area contributed by atoms with Gasteiger partial charge in [-0.15, -0.1) is 0 Å². The topological polar surface area (TPSA) is 126 Å². The number of rotatable bonds is 11. The third kappa shape index (κ3) is 6.39. The molecule has 4 N–H and O–H groups in total. The molecule has 0 spiro atoms. The number of ether oxygens (including phenoxy) is 3. The van der Waals surface area contributed by atoms with E-state index in [9.17, 15) is 18.6 Å². The predicted octanol–water partition coefficient (Wildman–Crippen LogP) is 2.98. The van der Waals surface area contributed by atoms with E-state index >= 15 is 0 Å². The number of sulfonamides is 1. The second-order valence-corrected chi connectivity index (χ2v) is 10.4. The molecule has 10 heteroatoms. The summed E-state index contributed by atoms with van der Waals surface area (Å²) in [6.45, 7) is 0.364. The zero-order chi connectivity index (χ0) is 25.7. The molecular weight excluding hydrogens is 484 g/mol. The molecule has 0 amide bonds. The number of benzene rings is 3. The highest BCUT2D eigenvalue weighted by Gasteiger charge is 2.27. The lowest BCUT2D eigenvalue weighted by Gasteiger charge is -2.23. The normalized spacial score (nSPS) is 14.3. The number of hydrogen-bond acceptors (Lipinski definition) is 8. The van der Waals surface area contributed by atoms with Crippen molar-refractivity contribution in [2.45, 2.75) is 25.0 Å². The number of anilines is 1. The van der Waals surface area contributed by atoms with Crippen LogP contribution in [0.4, 0.5) is 5.69 Å². The van der Waals surface area contributed by atoms with Crippen LogP contribution in [-0.4, -0.2) is 51.4 Å². The molecule has 1 heterocycles. The van der Waals surface area contributed by atoms with Crippen LogP contribution >= 0.6 is 0 Å². The van der Waals surface area contributed by atoms with E-state index in [1.54, 1.807) is 13.2 Å². The van der Waals surface area contributed by atoms with E-state index in [2.05, 4.69) is 10.0 Å². The molecule has 0 aliphatic carbocycles. The van der Waals surface area contributed by atoms with Gasteiger partial charge in [-0.3, -0.25) is 4.72 Å². The number of nitrogens with one attached hydrogen (secondary N) is 2. The smallest absolute Gasteiger partial charge is 0.231 e. The molecule has 1 aliphatic heterocycles. The number of fused-ring (bicyclic) bond motifs is 1. The number of methoxy groups -OCH3 is 1. The molecule has 192 valence electrons. The van der Waals surface area contributed by atoms with Crippen LogP contribution in [0.2, 0.25) is 0 Å². The summed E-state index contributed by atoms with van der Waals surface area (Å²) in [6, 6.07) is 18.1. The van der Waals surface area contributed by atoms with E-state index in [-0.39, 0.29) is 37.2 Å². The van der Waals surface area contributed by atoms with Crippen molar-refractivity contribution in [3.63, 3.8) is 0 Å². The van der Waals surface area contributed by atoms with Crippen molar-refractivity contribution in [3.8, 4) is 23.0 Å². The summed E-state index contributed by atoms with van der Waals surface area (Å²) in [7, 11) is -1.98. The zero-order valence-electron chi connectivity index (χ0n) is 20.1. The van der Waals surface area contributed by atoms with Gasteiger partial charge in [0, 0.05) is 18.2 Å². The van der Waals surface area contributed by atoms with Crippen LogP contribution in [0.1, 0.15) is 22.7 Å². The maximum atomic E-state index is 11.6. The molecule has 3 aromatic rings. The Labute approximate surface area is 210 Å². The van der Waals surface area contributed by atoms with Gasteiger partial charge < -0.3 is 29.7 Å². The first-order chi connectivity index (χ1) is 17.2. The Morgan fingerprint density at radius 3 is 2.47 bits per heavy atom. The van der Waals surface area contributed by atoms with Gasteiger partial charge in [0.05, 0.1) is 25.2 Å². The van der Waals surface area contributed by atoms with Gasteiger partial charge in [-0.05, 0) is 48.2 Å². The standard InChI is InChI=1S/C26H30N2O7S/c1-33-24-11-9-20(25-26(24)35-16-34-25)21(13-17-6-4-3-5-7-17)27-15-19(29)12-18-8-10-23(30)22(14-18)28-36(2,31)32/h3-11,14,19,21,27-30H,12-13,15-16H2,1-2H3/t19-,21?/m0/s1. The molecule has 0 saturated heterocycles. The third-order valence-corrected chi connectivity index (χ3v) is 6.41. The second kappa shape index (κ2) is 11.1. The van der Waals surface area contributed by atoms with E-state index < -0.39 is 16.1 Å². The van der Waals surface area contributed by atoms with Crippen LogP contribution in [0.15, 0.2) is 60.7 Å². The second-order valence-electron chi connectivity index (χ2n) is 8.66. The van der Waals surface area contributed by atoms with Crippen LogP contribution in [-0.2, 0) is 22.9 Å². The molecule has 4 rings (SSSR count). The first-order valence-electron chi connectivity index (χ1n) is 11.4. The predicted molar refractivity (Wildman–Crippen MR) is 136 cm³/mol. The highest BCUT2D eigenvalue weighted by molar-refractivity contribution is 7.92. The number of aromatic hydroxyl groups is 1. The molecule has 0 aromatic heterocycles. The van der Waals surface area contributed by atoms with Gasteiger partial charge in [0.15, 0.2) is 11.5 Å². The maximum absolute atomic E-state index is 11.6. The third-order valence-electron chi connectivity index (χ3n) is 5.82. The van der Waals surface area contributed by atoms with Gasteiger partial charge >= 0.3 is 0 Å². The first-order valence-corrected chi connectivity index (χ1v) is 13.3. The summed E-state index contributed by atoms with van der Waals surface area (Å²) in [5.74, 6) is 1.59. The lowest BCUT2D eigenvalue weighted by molar-refractivity contribution is 0.163. The number of aliphatic hydroxyl groups is 1. The number of phenolic OH excluding ortho intramolecular Hbond substituents is 1. The van der Waals surface area contributed by atoms with Crippen LogP contribution in [0.3, 0.4) is 0 Å². The van der Waals surface area contributed by atoms with Crippen LogP contribution in [0.25, 0.3) is 0 Å².